The van der Waals surface area contributed by atoms with Crippen LogP contribution in [-0.2, 0) is 45.3 Å². The van der Waals surface area contributed by atoms with Gasteiger partial charge in [0.2, 0.25) is 0 Å². The lowest BCUT2D eigenvalue weighted by atomic mass is 9.50. The van der Waals surface area contributed by atoms with Crippen molar-refractivity contribution in [3.05, 3.63) is 35.1 Å². The van der Waals surface area contributed by atoms with E-state index in [1.54, 1.807) is 12.1 Å². The highest BCUT2D eigenvalue weighted by atomic mass is 16.6. The first-order valence-electron chi connectivity index (χ1n) is 14.1. The summed E-state index contributed by atoms with van der Waals surface area (Å²) < 4.78 is 22.4. The Bertz CT molecular complexity index is 1440. The fraction of sp³-hybridized carbons (Fsp3) is 0.552. The fourth-order valence-electron chi connectivity index (χ4n) is 6.97. The predicted octanol–water partition coefficient (Wildman–Crippen LogP) is -0.757. The third-order valence-corrected chi connectivity index (χ3v) is 9.08. The summed E-state index contributed by atoms with van der Waals surface area (Å²) >= 11 is 0. The molecule has 0 unspecified atom stereocenters. The third-order valence-electron chi connectivity index (χ3n) is 9.08. The van der Waals surface area contributed by atoms with Gasteiger partial charge in [-0.3, -0.25) is 14.4 Å². The summed E-state index contributed by atoms with van der Waals surface area (Å²) in [5.74, 6) is -5.47. The van der Waals surface area contributed by atoms with Crippen LogP contribution in [0.5, 0.6) is 11.5 Å². The Morgan fingerprint density at radius 3 is 2.57 bits per heavy atom. The second-order valence-corrected chi connectivity index (χ2v) is 11.6. The van der Waals surface area contributed by atoms with E-state index in [1.807, 2.05) is 18.4 Å². The zero-order chi connectivity index (χ0) is 32.1. The van der Waals surface area contributed by atoms with Gasteiger partial charge in [0.25, 0.3) is 5.91 Å². The largest absolute Gasteiger partial charge is 0.493 e. The Morgan fingerprint density at radius 2 is 1.91 bits per heavy atom. The number of nitrogens with zero attached hydrogens (tertiary/aromatic N) is 1. The second kappa shape index (κ2) is 11.4. The number of carbonyl (C=O) groups excluding carboxylic acids is 3. The molecule has 238 valence electrons. The molecule has 1 spiro atoms. The molecule has 4 aliphatic rings. The molecule has 1 fully saturated rings. The molecule has 1 aromatic rings. The van der Waals surface area contributed by atoms with Gasteiger partial charge in [-0.2, -0.15) is 0 Å². The van der Waals surface area contributed by atoms with Gasteiger partial charge in [0.15, 0.2) is 29.8 Å². The maximum atomic E-state index is 12.9. The number of likely N-dealkylation sites (tertiary alicyclic amines) is 1. The zero-order valence-electron chi connectivity index (χ0n) is 24.3. The molecule has 0 aromatic heterocycles. The average molecular weight is 619 g/mol. The van der Waals surface area contributed by atoms with Gasteiger partial charge in [0.1, 0.15) is 11.8 Å². The highest BCUT2D eigenvalue weighted by Gasteiger charge is 2.72. The van der Waals surface area contributed by atoms with Crippen LogP contribution in [-0.4, -0.2) is 112 Å². The molecule has 1 amide bonds. The molecule has 1 aromatic carbocycles. The lowest BCUT2D eigenvalue weighted by Crippen LogP contribution is -2.74. The standard InChI is InChI=1S/C29H34N2O13/c1-13(25(36)30-15(26(37)38)11-20(33)34)42-27(39)16(32)12-21(35)43-18-6-7-29(40)19-10-14-4-5-17(41-3)23-22(14)28(29,24(18)44-23)8-9-31(19)2/h4-6,13,15-16,19,24,32,40H,7-12H2,1-3H3,(H,30,36)(H,33,34)(H,37,38)/t13-,15+,16-,19+,24-,28-,29+/m0/s1. The predicted molar refractivity (Wildman–Crippen MR) is 146 cm³/mol. The van der Waals surface area contributed by atoms with Crippen LogP contribution in [0.1, 0.15) is 43.7 Å². The Labute approximate surface area is 251 Å². The summed E-state index contributed by atoms with van der Waals surface area (Å²) in [5, 5.41) is 42.4. The summed E-state index contributed by atoms with van der Waals surface area (Å²) in [6, 6.07) is 1.77. The number of aliphatic carboxylic acids is 2. The summed E-state index contributed by atoms with van der Waals surface area (Å²) in [6.45, 7) is 1.74. The number of rotatable bonds is 11. The number of amides is 1. The van der Waals surface area contributed by atoms with E-state index in [0.29, 0.717) is 30.9 Å². The number of carbonyl (C=O) groups is 5. The number of ether oxygens (including phenoxy) is 4. The number of hydrogen-bond donors (Lipinski definition) is 5. The van der Waals surface area contributed by atoms with Crippen LogP contribution in [0.25, 0.3) is 0 Å². The van der Waals surface area contributed by atoms with Crippen molar-refractivity contribution in [3.63, 3.8) is 0 Å². The first-order valence-corrected chi connectivity index (χ1v) is 14.1. The molecule has 0 saturated carbocycles. The molecule has 2 aliphatic heterocycles. The lowest BCUT2D eigenvalue weighted by molar-refractivity contribution is -0.172. The van der Waals surface area contributed by atoms with Crippen molar-refractivity contribution in [2.45, 2.75) is 80.4 Å². The number of aliphatic hydroxyl groups excluding tert-OH is 1. The van der Waals surface area contributed by atoms with E-state index in [2.05, 4.69) is 4.90 Å². The first-order chi connectivity index (χ1) is 20.7. The minimum Gasteiger partial charge on any atom is -0.493 e. The van der Waals surface area contributed by atoms with Crippen LogP contribution in [0.3, 0.4) is 0 Å². The maximum absolute atomic E-state index is 12.9. The molecule has 2 bridgehead atoms. The van der Waals surface area contributed by atoms with Gasteiger partial charge < -0.3 is 49.6 Å². The molecule has 44 heavy (non-hydrogen) atoms. The quantitative estimate of drug-likeness (QED) is 0.193. The number of carboxylic acid groups (broad SMARTS) is 2. The first kappa shape index (κ1) is 31.2. The van der Waals surface area contributed by atoms with Crippen molar-refractivity contribution < 1.29 is 63.3 Å². The van der Waals surface area contributed by atoms with Crippen molar-refractivity contribution >= 4 is 29.8 Å². The number of benzene rings is 1. The van der Waals surface area contributed by atoms with E-state index in [-0.39, 0.29) is 18.2 Å². The lowest BCUT2D eigenvalue weighted by Gasteiger charge is -2.61. The maximum Gasteiger partial charge on any atom is 0.336 e. The molecule has 2 aliphatic carbocycles. The summed E-state index contributed by atoms with van der Waals surface area (Å²) in [7, 11) is 3.47. The number of esters is 2. The van der Waals surface area contributed by atoms with Crippen LogP contribution in [0.2, 0.25) is 0 Å². The van der Waals surface area contributed by atoms with Crippen LogP contribution < -0.4 is 14.8 Å². The van der Waals surface area contributed by atoms with Gasteiger partial charge >= 0.3 is 23.9 Å². The minimum absolute atomic E-state index is 0.125. The highest BCUT2D eigenvalue weighted by Crippen LogP contribution is 2.65. The summed E-state index contributed by atoms with van der Waals surface area (Å²) in [4.78, 5) is 61.7. The normalized spacial score (nSPS) is 28.2. The van der Waals surface area contributed by atoms with Crippen molar-refractivity contribution in [1.82, 2.24) is 10.2 Å². The van der Waals surface area contributed by atoms with Crippen molar-refractivity contribution in [1.29, 1.82) is 0 Å². The van der Waals surface area contributed by atoms with Gasteiger partial charge in [-0.25, -0.2) is 9.59 Å². The van der Waals surface area contributed by atoms with Crippen molar-refractivity contribution in [2.75, 3.05) is 20.7 Å². The van der Waals surface area contributed by atoms with Gasteiger partial charge in [0.05, 0.1) is 31.0 Å². The fourth-order valence-corrected chi connectivity index (χ4v) is 6.97. The Balaban J connectivity index is 1.27. The molecule has 0 radical (unpaired) electrons. The smallest absolute Gasteiger partial charge is 0.336 e. The molecule has 2 heterocycles. The Hall–Kier alpha value is -4.21. The van der Waals surface area contributed by atoms with Crippen molar-refractivity contribution in [2.24, 2.45) is 0 Å². The average Bonchev–Trinajstić information content (AvgIpc) is 3.31. The molecular weight excluding hydrogens is 584 g/mol. The minimum atomic E-state index is -2.04. The van der Waals surface area contributed by atoms with Crippen LogP contribution in [0, 0.1) is 0 Å². The number of likely N-dealkylation sites (N-methyl/N-ethyl adjacent to an activating group) is 1. The van der Waals surface area contributed by atoms with Gasteiger partial charge in [-0.15, -0.1) is 0 Å². The molecule has 5 N–H and O–H groups in total. The monoisotopic (exact) mass is 618 g/mol. The van der Waals surface area contributed by atoms with Crippen LogP contribution >= 0.6 is 0 Å². The van der Waals surface area contributed by atoms with Crippen LogP contribution in [0.15, 0.2) is 24.0 Å². The Kier molecular flexibility index (Phi) is 8.07. The number of nitrogens with one attached hydrogen (secondary N) is 1. The van der Waals surface area contributed by atoms with Crippen LogP contribution in [0.4, 0.5) is 0 Å². The molecule has 15 nitrogen and oxygen atoms in total. The van der Waals surface area contributed by atoms with Gasteiger partial charge in [-0.1, -0.05) is 6.07 Å². The number of hydrogen-bond acceptors (Lipinski definition) is 12. The van der Waals surface area contributed by atoms with Gasteiger partial charge in [-0.05, 0) is 51.1 Å². The number of aliphatic hydroxyl groups is 2. The third kappa shape index (κ3) is 4.94. The molecule has 1 saturated heterocycles. The van der Waals surface area contributed by atoms with Crippen molar-refractivity contribution in [3.8, 4) is 11.5 Å². The summed E-state index contributed by atoms with van der Waals surface area (Å²) in [5.41, 5.74) is -0.318. The second-order valence-electron chi connectivity index (χ2n) is 11.6. The van der Waals surface area contributed by atoms with Gasteiger partial charge in [0, 0.05) is 18.0 Å². The van der Waals surface area contributed by atoms with E-state index in [0.717, 1.165) is 18.1 Å². The van der Waals surface area contributed by atoms with E-state index in [4.69, 9.17) is 29.2 Å². The number of methoxy groups -OCH3 is 1. The molecule has 7 atom stereocenters. The zero-order valence-corrected chi connectivity index (χ0v) is 24.3. The van der Waals surface area contributed by atoms with E-state index in [9.17, 15) is 34.2 Å². The van der Waals surface area contributed by atoms with E-state index < -0.39 is 78.0 Å². The molecule has 5 rings (SSSR count). The topological polar surface area (TPSA) is 218 Å². The highest BCUT2D eigenvalue weighted by molar-refractivity contribution is 5.90. The molecular formula is C29H34N2O13. The van der Waals surface area contributed by atoms with E-state index in [1.165, 1.54) is 7.11 Å². The molecule has 15 heteroatoms. The Morgan fingerprint density at radius 1 is 1.18 bits per heavy atom. The number of piperidine rings is 1. The van der Waals surface area contributed by atoms with E-state index >= 15 is 0 Å². The SMILES string of the molecule is COc1ccc2c3c1O[C@H]1C(OC(=O)C[C@H](O)C(=O)O[C@@H](C)C(=O)N[C@H](CC(=O)O)C(=O)O)=CC[C@@]4(O)[C@@H](C2)N(C)CC[C@]314. The summed E-state index contributed by atoms with van der Waals surface area (Å²) in [6.07, 6.45) is -3.44. The number of carboxylic acids is 2.